The second-order valence-corrected chi connectivity index (χ2v) is 6.94. The first-order valence-electron chi connectivity index (χ1n) is 9.72. The predicted molar refractivity (Wildman–Crippen MR) is 110 cm³/mol. The third-order valence-corrected chi connectivity index (χ3v) is 5.28. The van der Waals surface area contributed by atoms with Crippen LogP contribution in [0.15, 0.2) is 36.7 Å². The molecule has 0 aliphatic carbocycles. The van der Waals surface area contributed by atoms with Crippen LogP contribution >= 0.6 is 0 Å². The summed E-state index contributed by atoms with van der Waals surface area (Å²) in [6.45, 7) is 4.22. The number of fused-ring (bicyclic) bond motifs is 1. The topological polar surface area (TPSA) is 106 Å². The van der Waals surface area contributed by atoms with Crippen molar-refractivity contribution in [2.45, 2.75) is 13.3 Å². The molecular formula is C20H22N6O4. The van der Waals surface area contributed by atoms with E-state index in [4.69, 9.17) is 4.74 Å². The van der Waals surface area contributed by atoms with E-state index in [1.165, 1.54) is 12.3 Å². The summed E-state index contributed by atoms with van der Waals surface area (Å²) < 4.78 is 7.18. The molecule has 4 heterocycles. The van der Waals surface area contributed by atoms with Gasteiger partial charge >= 0.3 is 0 Å². The van der Waals surface area contributed by atoms with Gasteiger partial charge in [0.2, 0.25) is 0 Å². The number of aryl methyl sites for hydroxylation is 1. The summed E-state index contributed by atoms with van der Waals surface area (Å²) in [6.07, 6.45) is 3.72. The van der Waals surface area contributed by atoms with E-state index in [-0.39, 0.29) is 11.6 Å². The Morgan fingerprint density at radius 1 is 1.23 bits per heavy atom. The molecule has 1 fully saturated rings. The first-order chi connectivity index (χ1) is 14.5. The lowest BCUT2D eigenvalue weighted by molar-refractivity contribution is -0.385. The summed E-state index contributed by atoms with van der Waals surface area (Å²) in [7, 11) is 1.59. The van der Waals surface area contributed by atoms with Crippen LogP contribution in [0.5, 0.6) is 5.75 Å². The Hall–Kier alpha value is -3.69. The molecule has 0 atom stereocenters. The number of piperazine rings is 1. The number of aromatic nitrogens is 3. The van der Waals surface area contributed by atoms with Crippen molar-refractivity contribution in [2.24, 2.45) is 0 Å². The third kappa shape index (κ3) is 3.40. The molecule has 0 bridgehead atoms. The van der Waals surface area contributed by atoms with Crippen LogP contribution in [0, 0.1) is 10.1 Å². The Balaban J connectivity index is 1.53. The van der Waals surface area contributed by atoms with E-state index in [9.17, 15) is 14.9 Å². The summed E-state index contributed by atoms with van der Waals surface area (Å²) >= 11 is 0. The van der Waals surface area contributed by atoms with Gasteiger partial charge in [-0.15, -0.1) is 0 Å². The Kier molecular flexibility index (Phi) is 5.21. The van der Waals surface area contributed by atoms with Crippen LogP contribution in [0.1, 0.15) is 23.1 Å². The smallest absolute Gasteiger partial charge is 0.287 e. The van der Waals surface area contributed by atoms with Gasteiger partial charge in [-0.25, -0.2) is 9.97 Å². The fourth-order valence-corrected chi connectivity index (χ4v) is 3.68. The first-order valence-corrected chi connectivity index (χ1v) is 9.72. The molecule has 156 valence electrons. The van der Waals surface area contributed by atoms with Gasteiger partial charge in [0.25, 0.3) is 11.6 Å². The molecule has 1 amide bonds. The third-order valence-electron chi connectivity index (χ3n) is 5.28. The molecule has 1 saturated heterocycles. The largest absolute Gasteiger partial charge is 0.493 e. The van der Waals surface area contributed by atoms with E-state index < -0.39 is 4.92 Å². The SMILES string of the molecule is CCc1nc2c(OC)cccn2c1C(=O)N1CCN(c2ccc([N+](=O)[O-])cn2)CC1. The number of hydrogen-bond donors (Lipinski definition) is 0. The van der Waals surface area contributed by atoms with Crippen molar-refractivity contribution in [2.75, 3.05) is 38.2 Å². The number of imidazole rings is 1. The van der Waals surface area contributed by atoms with Crippen LogP contribution < -0.4 is 9.64 Å². The minimum atomic E-state index is -0.469. The average Bonchev–Trinajstić information content (AvgIpc) is 3.17. The van der Waals surface area contributed by atoms with E-state index in [0.717, 1.165) is 5.69 Å². The Morgan fingerprint density at radius 3 is 2.60 bits per heavy atom. The van der Waals surface area contributed by atoms with Gasteiger partial charge in [0.1, 0.15) is 17.7 Å². The second kappa shape index (κ2) is 7.97. The van der Waals surface area contributed by atoms with Crippen molar-refractivity contribution in [1.29, 1.82) is 0 Å². The molecule has 1 aliphatic rings. The van der Waals surface area contributed by atoms with Crippen LogP contribution in [0.2, 0.25) is 0 Å². The minimum absolute atomic E-state index is 0.0392. The van der Waals surface area contributed by atoms with Crippen molar-refractivity contribution < 1.29 is 14.5 Å². The van der Waals surface area contributed by atoms with Crippen molar-refractivity contribution in [3.8, 4) is 5.75 Å². The first kappa shape index (κ1) is 19.6. The van der Waals surface area contributed by atoms with Gasteiger partial charge in [-0.1, -0.05) is 6.92 Å². The summed E-state index contributed by atoms with van der Waals surface area (Å²) in [5.41, 5.74) is 1.90. The van der Waals surface area contributed by atoms with Crippen molar-refractivity contribution in [3.63, 3.8) is 0 Å². The Labute approximate surface area is 172 Å². The fraction of sp³-hybridized carbons (Fsp3) is 0.350. The highest BCUT2D eigenvalue weighted by molar-refractivity contribution is 5.95. The summed E-state index contributed by atoms with van der Waals surface area (Å²) in [5, 5.41) is 10.8. The molecule has 0 aromatic carbocycles. The number of hydrogen-bond acceptors (Lipinski definition) is 7. The predicted octanol–water partition coefficient (Wildman–Crippen LogP) is 2.17. The molecule has 4 rings (SSSR count). The Bertz CT molecular complexity index is 1090. The summed E-state index contributed by atoms with van der Waals surface area (Å²) in [6, 6.07) is 6.74. The number of pyridine rings is 2. The molecule has 10 nitrogen and oxygen atoms in total. The highest BCUT2D eigenvalue weighted by Gasteiger charge is 2.28. The van der Waals surface area contributed by atoms with Gasteiger partial charge < -0.3 is 14.5 Å². The van der Waals surface area contributed by atoms with Crippen LogP contribution in [-0.4, -0.2) is 63.4 Å². The number of rotatable bonds is 5. The molecule has 3 aromatic rings. The van der Waals surface area contributed by atoms with Crippen LogP contribution in [0.25, 0.3) is 5.65 Å². The van der Waals surface area contributed by atoms with E-state index in [0.29, 0.717) is 55.5 Å². The van der Waals surface area contributed by atoms with Crippen LogP contribution in [-0.2, 0) is 6.42 Å². The number of nitrogens with zero attached hydrogens (tertiary/aromatic N) is 6. The zero-order valence-electron chi connectivity index (χ0n) is 16.8. The molecule has 0 unspecified atom stereocenters. The zero-order chi connectivity index (χ0) is 21.3. The van der Waals surface area contributed by atoms with E-state index in [1.54, 1.807) is 17.6 Å². The molecule has 0 N–H and O–H groups in total. The number of amides is 1. The summed E-state index contributed by atoms with van der Waals surface area (Å²) in [5.74, 6) is 1.23. The molecule has 30 heavy (non-hydrogen) atoms. The highest BCUT2D eigenvalue weighted by Crippen LogP contribution is 2.24. The van der Waals surface area contributed by atoms with Gasteiger partial charge in [-0.2, -0.15) is 0 Å². The lowest BCUT2D eigenvalue weighted by Crippen LogP contribution is -2.49. The monoisotopic (exact) mass is 410 g/mol. The number of methoxy groups -OCH3 is 1. The molecule has 1 aliphatic heterocycles. The maximum absolute atomic E-state index is 13.3. The number of anilines is 1. The molecule has 0 spiro atoms. The lowest BCUT2D eigenvalue weighted by atomic mass is 10.2. The maximum atomic E-state index is 13.3. The number of ether oxygens (including phenoxy) is 1. The Morgan fingerprint density at radius 2 is 2.00 bits per heavy atom. The number of carbonyl (C=O) groups excluding carboxylic acids is 1. The maximum Gasteiger partial charge on any atom is 0.287 e. The van der Waals surface area contributed by atoms with Crippen LogP contribution in [0.4, 0.5) is 11.5 Å². The van der Waals surface area contributed by atoms with Crippen LogP contribution in [0.3, 0.4) is 0 Å². The van der Waals surface area contributed by atoms with E-state index in [1.807, 2.05) is 35.1 Å². The van der Waals surface area contributed by atoms with Crippen molar-refractivity contribution >= 4 is 23.1 Å². The summed E-state index contributed by atoms with van der Waals surface area (Å²) in [4.78, 5) is 36.3. The van der Waals surface area contributed by atoms with Gasteiger partial charge in [0.05, 0.1) is 17.7 Å². The fourth-order valence-electron chi connectivity index (χ4n) is 3.68. The molecular weight excluding hydrogens is 388 g/mol. The van der Waals surface area contributed by atoms with Crippen molar-refractivity contribution in [3.05, 3.63) is 58.2 Å². The van der Waals surface area contributed by atoms with E-state index in [2.05, 4.69) is 9.97 Å². The average molecular weight is 410 g/mol. The van der Waals surface area contributed by atoms with Gasteiger partial charge in [-0.05, 0) is 24.6 Å². The van der Waals surface area contributed by atoms with Gasteiger partial charge in [-0.3, -0.25) is 19.3 Å². The molecule has 0 radical (unpaired) electrons. The lowest BCUT2D eigenvalue weighted by Gasteiger charge is -2.35. The molecule has 0 saturated carbocycles. The van der Waals surface area contributed by atoms with Crippen molar-refractivity contribution in [1.82, 2.24) is 19.3 Å². The van der Waals surface area contributed by atoms with Gasteiger partial charge in [0, 0.05) is 38.4 Å². The quantitative estimate of drug-likeness (QED) is 0.469. The second-order valence-electron chi connectivity index (χ2n) is 6.94. The zero-order valence-corrected chi connectivity index (χ0v) is 16.8. The van der Waals surface area contributed by atoms with Gasteiger partial charge in [0.15, 0.2) is 11.4 Å². The molecule has 10 heteroatoms. The normalized spacial score (nSPS) is 14.2. The highest BCUT2D eigenvalue weighted by atomic mass is 16.6. The number of nitro groups is 1. The molecule has 3 aromatic heterocycles. The van der Waals surface area contributed by atoms with E-state index >= 15 is 0 Å². The minimum Gasteiger partial charge on any atom is -0.493 e. The number of carbonyl (C=O) groups is 1. The standard InChI is InChI=1S/C20H22N6O4/c1-3-15-18(25-8-4-5-16(30-2)19(25)22-15)20(27)24-11-9-23(10-12-24)17-7-6-14(13-21-17)26(28)29/h4-8,13H,3,9-12H2,1-2H3.